The van der Waals surface area contributed by atoms with Crippen molar-refractivity contribution in [1.29, 1.82) is 0 Å². The summed E-state index contributed by atoms with van der Waals surface area (Å²) in [6.07, 6.45) is 4.53. The van der Waals surface area contributed by atoms with Crippen LogP contribution in [-0.4, -0.2) is 22.7 Å². The van der Waals surface area contributed by atoms with Crippen LogP contribution in [0.1, 0.15) is 38.8 Å². The van der Waals surface area contributed by atoms with E-state index in [1.807, 2.05) is 19.9 Å². The molecule has 102 valence electrons. The first-order valence-corrected chi connectivity index (χ1v) is 6.14. The van der Waals surface area contributed by atoms with Gasteiger partial charge in [0.1, 0.15) is 12.1 Å². The van der Waals surface area contributed by atoms with Crippen molar-refractivity contribution in [2.45, 2.75) is 39.7 Å². The summed E-state index contributed by atoms with van der Waals surface area (Å²) in [5.41, 5.74) is 6.28. The van der Waals surface area contributed by atoms with Gasteiger partial charge in [-0.25, -0.2) is 0 Å². The fraction of sp³-hybridized carbons (Fsp3) is 0.667. The molecule has 0 spiro atoms. The Balaban J connectivity index is 2.08. The first-order chi connectivity index (χ1) is 8.56. The molecule has 6 nitrogen and oxygen atoms in total. The van der Waals surface area contributed by atoms with Gasteiger partial charge in [-0.15, -0.1) is 0 Å². The second kappa shape index (κ2) is 7.00. The van der Waals surface area contributed by atoms with Gasteiger partial charge in [-0.1, -0.05) is 30.6 Å². The fourth-order valence-electron chi connectivity index (χ4n) is 1.63. The Hall–Kier alpha value is -1.56. The van der Waals surface area contributed by atoms with Crippen LogP contribution >= 0.6 is 0 Å². The Morgan fingerprint density at radius 3 is 2.94 bits per heavy atom. The lowest BCUT2D eigenvalue weighted by Gasteiger charge is -2.22. The first kappa shape index (κ1) is 14.5. The lowest BCUT2D eigenvalue weighted by atomic mass is 9.86. The minimum absolute atomic E-state index is 0.249. The van der Waals surface area contributed by atoms with Gasteiger partial charge >= 0.3 is 0 Å². The Bertz CT molecular complexity index is 360. The Morgan fingerprint density at radius 2 is 2.33 bits per heavy atom. The molecule has 0 aromatic carbocycles. The molecule has 0 bridgehead atoms. The summed E-state index contributed by atoms with van der Waals surface area (Å²) in [6.45, 7) is 5.59. The number of hydrogen-bond acceptors (Lipinski definition) is 5. The zero-order chi connectivity index (χ0) is 13.4. The lowest BCUT2D eigenvalue weighted by molar-refractivity contribution is 0.304. The Labute approximate surface area is 107 Å². The molecule has 0 amide bonds. The van der Waals surface area contributed by atoms with E-state index in [2.05, 4.69) is 15.6 Å². The number of nitrogens with one attached hydrogen (secondary N) is 1. The highest BCUT2D eigenvalue weighted by molar-refractivity contribution is 5.85. The number of oxime groups is 1. The molecule has 18 heavy (non-hydrogen) atoms. The molecule has 1 heterocycles. The monoisotopic (exact) mass is 254 g/mol. The van der Waals surface area contributed by atoms with Gasteiger partial charge < -0.3 is 20.8 Å². The van der Waals surface area contributed by atoms with E-state index < -0.39 is 0 Å². The second-order valence-corrected chi connectivity index (χ2v) is 4.99. The van der Waals surface area contributed by atoms with Crippen LogP contribution in [0.4, 0.5) is 0 Å². The maximum atomic E-state index is 8.65. The van der Waals surface area contributed by atoms with Crippen molar-refractivity contribution >= 4 is 5.84 Å². The largest absolute Gasteiger partial charge is 0.409 e. The lowest BCUT2D eigenvalue weighted by Crippen LogP contribution is -2.32. The fourth-order valence-corrected chi connectivity index (χ4v) is 1.63. The summed E-state index contributed by atoms with van der Waals surface area (Å²) in [5.74, 6) is 0.290. The van der Waals surface area contributed by atoms with Crippen LogP contribution in [0.15, 0.2) is 22.0 Å². The van der Waals surface area contributed by atoms with Gasteiger partial charge in [0, 0.05) is 18.0 Å². The Kier molecular flexibility index (Phi) is 5.64. The highest BCUT2D eigenvalue weighted by atomic mass is 16.5. The van der Waals surface area contributed by atoms with Gasteiger partial charge in [-0.2, -0.15) is 0 Å². The van der Waals surface area contributed by atoms with Crippen molar-refractivity contribution in [3.63, 3.8) is 0 Å². The third kappa shape index (κ3) is 4.75. The third-order valence-electron chi connectivity index (χ3n) is 3.00. The van der Waals surface area contributed by atoms with Gasteiger partial charge in [0.15, 0.2) is 0 Å². The van der Waals surface area contributed by atoms with Crippen LogP contribution in [0.3, 0.4) is 0 Å². The molecule has 0 saturated heterocycles. The van der Waals surface area contributed by atoms with E-state index in [0.29, 0.717) is 0 Å². The minimum Gasteiger partial charge on any atom is -0.409 e. The minimum atomic E-state index is -0.249. The molecule has 1 aromatic heterocycles. The zero-order valence-electron chi connectivity index (χ0n) is 11.0. The van der Waals surface area contributed by atoms with Crippen molar-refractivity contribution in [3.05, 3.63) is 18.0 Å². The average Bonchev–Trinajstić information content (AvgIpc) is 2.85. The van der Waals surface area contributed by atoms with E-state index in [1.165, 1.54) is 0 Å². The van der Waals surface area contributed by atoms with Gasteiger partial charge in [0.05, 0.1) is 5.69 Å². The van der Waals surface area contributed by atoms with Crippen LogP contribution in [0.25, 0.3) is 0 Å². The molecular formula is C12H22N4O2. The first-order valence-electron chi connectivity index (χ1n) is 6.14. The average molecular weight is 254 g/mol. The maximum Gasteiger partial charge on any atom is 0.144 e. The maximum absolute atomic E-state index is 8.65. The number of amidine groups is 1. The molecule has 0 aliphatic rings. The molecule has 0 radical (unpaired) electrons. The number of nitrogens with two attached hydrogens (primary N) is 1. The third-order valence-corrected chi connectivity index (χ3v) is 3.00. The number of hydrogen-bond donors (Lipinski definition) is 3. The van der Waals surface area contributed by atoms with Crippen LogP contribution in [-0.2, 0) is 6.54 Å². The molecule has 4 N–H and O–H groups in total. The van der Waals surface area contributed by atoms with Gasteiger partial charge in [0.2, 0.25) is 0 Å². The van der Waals surface area contributed by atoms with Crippen LogP contribution in [0, 0.1) is 5.41 Å². The predicted molar refractivity (Wildman–Crippen MR) is 69.3 cm³/mol. The standard InChI is InChI=1S/C12H22N4O2/c1-12(2,11(13)15-17)6-3-4-7-14-9-10-5-8-18-16-10/h5,8,14,17H,3-4,6-7,9H2,1-2H3,(H2,13,15). The van der Waals surface area contributed by atoms with Gasteiger partial charge in [0.25, 0.3) is 0 Å². The van der Waals surface area contributed by atoms with Gasteiger partial charge in [-0.05, 0) is 19.4 Å². The van der Waals surface area contributed by atoms with E-state index in [-0.39, 0.29) is 11.3 Å². The molecule has 0 atom stereocenters. The molecule has 1 rings (SSSR count). The SMILES string of the molecule is CC(C)(CCCCNCc1ccon1)/C(N)=N/O. The molecule has 0 fully saturated rings. The molecule has 0 aliphatic heterocycles. The molecule has 1 aromatic rings. The number of aromatic nitrogens is 1. The molecule has 0 aliphatic carbocycles. The summed E-state index contributed by atoms with van der Waals surface area (Å²) in [4.78, 5) is 0. The zero-order valence-corrected chi connectivity index (χ0v) is 11.0. The summed E-state index contributed by atoms with van der Waals surface area (Å²) in [7, 11) is 0. The summed E-state index contributed by atoms with van der Waals surface area (Å²) < 4.78 is 4.74. The van der Waals surface area contributed by atoms with E-state index in [4.69, 9.17) is 15.5 Å². The van der Waals surface area contributed by atoms with Crippen LogP contribution in [0.5, 0.6) is 0 Å². The molecule has 0 saturated carbocycles. The van der Waals surface area contributed by atoms with E-state index in [9.17, 15) is 0 Å². The van der Waals surface area contributed by atoms with Crippen molar-refractivity contribution in [3.8, 4) is 0 Å². The normalized spacial score (nSPS) is 12.9. The predicted octanol–water partition coefficient (Wildman–Crippen LogP) is 1.71. The van der Waals surface area contributed by atoms with Crippen molar-refractivity contribution in [2.75, 3.05) is 6.54 Å². The summed E-state index contributed by atoms with van der Waals surface area (Å²) in [5, 5.41) is 18.8. The molecular weight excluding hydrogens is 232 g/mol. The Morgan fingerprint density at radius 1 is 1.56 bits per heavy atom. The second-order valence-electron chi connectivity index (χ2n) is 4.99. The van der Waals surface area contributed by atoms with E-state index in [1.54, 1.807) is 6.26 Å². The highest BCUT2D eigenvalue weighted by Gasteiger charge is 2.22. The van der Waals surface area contributed by atoms with Crippen molar-refractivity contribution < 1.29 is 9.73 Å². The summed E-state index contributed by atoms with van der Waals surface area (Å²) >= 11 is 0. The van der Waals surface area contributed by atoms with Crippen molar-refractivity contribution in [2.24, 2.45) is 16.3 Å². The van der Waals surface area contributed by atoms with Gasteiger partial charge in [-0.3, -0.25) is 0 Å². The molecule has 6 heteroatoms. The smallest absolute Gasteiger partial charge is 0.144 e. The number of rotatable bonds is 8. The van der Waals surface area contributed by atoms with Crippen LogP contribution < -0.4 is 11.1 Å². The number of unbranched alkanes of at least 4 members (excludes halogenated alkanes) is 1. The van der Waals surface area contributed by atoms with E-state index >= 15 is 0 Å². The number of nitrogens with zero attached hydrogens (tertiary/aromatic N) is 2. The molecule has 0 unspecified atom stereocenters. The highest BCUT2D eigenvalue weighted by Crippen LogP contribution is 2.23. The van der Waals surface area contributed by atoms with Crippen LogP contribution in [0.2, 0.25) is 0 Å². The topological polar surface area (TPSA) is 96.7 Å². The van der Waals surface area contributed by atoms with E-state index in [0.717, 1.165) is 38.0 Å². The quantitative estimate of drug-likeness (QED) is 0.216. The van der Waals surface area contributed by atoms with Crippen molar-refractivity contribution in [1.82, 2.24) is 10.5 Å². The summed E-state index contributed by atoms with van der Waals surface area (Å²) in [6, 6.07) is 1.84.